The summed E-state index contributed by atoms with van der Waals surface area (Å²) in [4.78, 5) is 29.8. The third kappa shape index (κ3) is 4.96. The van der Waals surface area contributed by atoms with Gasteiger partial charge in [0.1, 0.15) is 5.75 Å². The molecule has 170 valence electrons. The zero-order chi connectivity index (χ0) is 22.5. The Morgan fingerprint density at radius 3 is 2.59 bits per heavy atom. The van der Waals surface area contributed by atoms with E-state index in [4.69, 9.17) is 4.74 Å². The molecule has 1 saturated heterocycles. The second kappa shape index (κ2) is 10.2. The van der Waals surface area contributed by atoms with Crippen LogP contribution in [-0.4, -0.2) is 43.5 Å². The highest BCUT2D eigenvalue weighted by Gasteiger charge is 2.36. The minimum Gasteiger partial charge on any atom is -0.495 e. The van der Waals surface area contributed by atoms with Crippen molar-refractivity contribution >= 4 is 23.2 Å². The van der Waals surface area contributed by atoms with E-state index in [1.165, 1.54) is 32.1 Å². The third-order valence-corrected chi connectivity index (χ3v) is 6.76. The molecule has 0 radical (unpaired) electrons. The minimum atomic E-state index is -0.392. The molecular formula is C26H33N3O3. The highest BCUT2D eigenvalue weighted by atomic mass is 16.5. The van der Waals surface area contributed by atoms with Gasteiger partial charge in [0.2, 0.25) is 11.8 Å². The number of ether oxygens (including phenoxy) is 1. The van der Waals surface area contributed by atoms with Crippen LogP contribution in [0.25, 0.3) is 0 Å². The lowest BCUT2D eigenvalue weighted by Crippen LogP contribution is -2.33. The maximum atomic E-state index is 13.1. The van der Waals surface area contributed by atoms with Crippen LogP contribution in [0.2, 0.25) is 0 Å². The standard InChI is InChI=1S/C26H33N3O3/c1-28(21-11-4-3-5-12-21)17-19-10-6-7-13-22(19)27-26(31)20-16-25(30)29(18-20)23-14-8-9-15-24(23)32-2/h6-10,13-15,20-21H,3-5,11-12,16-18H2,1-2H3,(H,27,31). The normalized spacial score (nSPS) is 19.4. The molecule has 1 saturated carbocycles. The van der Waals surface area contributed by atoms with Crippen molar-refractivity contribution in [2.24, 2.45) is 5.92 Å². The zero-order valence-corrected chi connectivity index (χ0v) is 19.0. The fourth-order valence-corrected chi connectivity index (χ4v) is 4.90. The van der Waals surface area contributed by atoms with Gasteiger partial charge in [-0.1, -0.05) is 49.6 Å². The first-order valence-corrected chi connectivity index (χ1v) is 11.6. The van der Waals surface area contributed by atoms with Crippen LogP contribution in [0.1, 0.15) is 44.1 Å². The number of rotatable bonds is 7. The first kappa shape index (κ1) is 22.3. The Morgan fingerprint density at radius 1 is 1.09 bits per heavy atom. The van der Waals surface area contributed by atoms with E-state index in [0.29, 0.717) is 24.0 Å². The van der Waals surface area contributed by atoms with E-state index >= 15 is 0 Å². The largest absolute Gasteiger partial charge is 0.495 e. The SMILES string of the molecule is COc1ccccc1N1CC(C(=O)Nc2ccccc2CN(C)C2CCCCC2)CC1=O. The molecule has 6 nitrogen and oxygen atoms in total. The van der Waals surface area contributed by atoms with Crippen molar-refractivity contribution < 1.29 is 14.3 Å². The monoisotopic (exact) mass is 435 g/mol. The Hall–Kier alpha value is -2.86. The Balaban J connectivity index is 1.43. The number of anilines is 2. The van der Waals surface area contributed by atoms with Crippen molar-refractivity contribution in [3.63, 3.8) is 0 Å². The number of carbonyl (C=O) groups excluding carboxylic acids is 2. The number of carbonyl (C=O) groups is 2. The number of hydrogen-bond acceptors (Lipinski definition) is 4. The molecule has 0 spiro atoms. The van der Waals surface area contributed by atoms with Crippen LogP contribution in [0.15, 0.2) is 48.5 Å². The van der Waals surface area contributed by atoms with Crippen LogP contribution in [0.4, 0.5) is 11.4 Å². The number of benzene rings is 2. The average molecular weight is 436 g/mol. The molecule has 0 bridgehead atoms. The fraction of sp³-hybridized carbons (Fsp3) is 0.462. The van der Waals surface area contributed by atoms with Crippen molar-refractivity contribution in [1.82, 2.24) is 4.90 Å². The lowest BCUT2D eigenvalue weighted by molar-refractivity contribution is -0.122. The number of nitrogens with zero attached hydrogens (tertiary/aromatic N) is 2. The first-order chi connectivity index (χ1) is 15.6. The quantitative estimate of drug-likeness (QED) is 0.698. The van der Waals surface area contributed by atoms with Crippen molar-refractivity contribution in [3.8, 4) is 5.75 Å². The topological polar surface area (TPSA) is 61.9 Å². The molecule has 1 aliphatic carbocycles. The van der Waals surface area contributed by atoms with Crippen LogP contribution in [0, 0.1) is 5.92 Å². The molecular weight excluding hydrogens is 402 g/mol. The van der Waals surface area contributed by atoms with E-state index in [-0.39, 0.29) is 18.2 Å². The Bertz CT molecular complexity index is 955. The van der Waals surface area contributed by atoms with Gasteiger partial charge in [-0.05, 0) is 43.7 Å². The summed E-state index contributed by atoms with van der Waals surface area (Å²) in [5.41, 5.74) is 2.66. The lowest BCUT2D eigenvalue weighted by Gasteiger charge is -2.31. The second-order valence-corrected chi connectivity index (χ2v) is 8.93. The van der Waals surface area contributed by atoms with Gasteiger partial charge in [-0.3, -0.25) is 14.5 Å². The highest BCUT2D eigenvalue weighted by molar-refractivity contribution is 6.04. The third-order valence-electron chi connectivity index (χ3n) is 6.76. The molecule has 4 rings (SSSR count). The fourth-order valence-electron chi connectivity index (χ4n) is 4.90. The number of hydrogen-bond donors (Lipinski definition) is 1. The molecule has 2 aromatic carbocycles. The summed E-state index contributed by atoms with van der Waals surface area (Å²) in [5, 5.41) is 3.11. The van der Waals surface area contributed by atoms with Crippen LogP contribution < -0.4 is 15.0 Å². The van der Waals surface area contributed by atoms with Crippen LogP contribution in [0.3, 0.4) is 0 Å². The van der Waals surface area contributed by atoms with Gasteiger partial charge < -0.3 is 15.0 Å². The van der Waals surface area contributed by atoms with Crippen molar-refractivity contribution in [3.05, 3.63) is 54.1 Å². The van der Waals surface area contributed by atoms with Crippen LogP contribution in [0.5, 0.6) is 5.75 Å². The summed E-state index contributed by atoms with van der Waals surface area (Å²) in [7, 11) is 3.76. The summed E-state index contributed by atoms with van der Waals surface area (Å²) in [6, 6.07) is 16.0. The van der Waals surface area contributed by atoms with E-state index < -0.39 is 5.92 Å². The molecule has 2 aromatic rings. The van der Waals surface area contributed by atoms with Gasteiger partial charge >= 0.3 is 0 Å². The average Bonchev–Trinajstić information content (AvgIpc) is 3.22. The first-order valence-electron chi connectivity index (χ1n) is 11.6. The second-order valence-electron chi connectivity index (χ2n) is 8.93. The lowest BCUT2D eigenvalue weighted by atomic mass is 9.94. The Morgan fingerprint density at radius 2 is 1.81 bits per heavy atom. The van der Waals surface area contributed by atoms with E-state index in [0.717, 1.165) is 17.8 Å². The molecule has 6 heteroatoms. The Kier molecular flexibility index (Phi) is 7.10. The summed E-state index contributed by atoms with van der Waals surface area (Å²) in [6.07, 6.45) is 6.62. The summed E-state index contributed by atoms with van der Waals surface area (Å²) >= 11 is 0. The van der Waals surface area contributed by atoms with Crippen molar-refractivity contribution in [2.45, 2.75) is 51.1 Å². The van der Waals surface area contributed by atoms with E-state index in [2.05, 4.69) is 23.3 Å². The van der Waals surface area contributed by atoms with Gasteiger partial charge in [-0.2, -0.15) is 0 Å². The van der Waals surface area contributed by atoms with Gasteiger partial charge in [-0.25, -0.2) is 0 Å². The molecule has 1 unspecified atom stereocenters. The molecule has 1 aliphatic heterocycles. The molecule has 0 aromatic heterocycles. The van der Waals surface area contributed by atoms with E-state index in [1.807, 2.05) is 42.5 Å². The van der Waals surface area contributed by atoms with Gasteiger partial charge in [-0.15, -0.1) is 0 Å². The number of nitrogens with one attached hydrogen (secondary N) is 1. The summed E-state index contributed by atoms with van der Waals surface area (Å²) < 4.78 is 5.40. The highest BCUT2D eigenvalue weighted by Crippen LogP contribution is 2.33. The van der Waals surface area contributed by atoms with Gasteiger partial charge in [0.15, 0.2) is 0 Å². The number of methoxy groups -OCH3 is 1. The smallest absolute Gasteiger partial charge is 0.229 e. The molecule has 2 aliphatic rings. The van der Waals surface area contributed by atoms with Crippen molar-refractivity contribution in [1.29, 1.82) is 0 Å². The van der Waals surface area contributed by atoms with Gasteiger partial charge in [0.05, 0.1) is 18.7 Å². The summed E-state index contributed by atoms with van der Waals surface area (Å²) in [6.45, 7) is 1.16. The van der Waals surface area contributed by atoms with E-state index in [9.17, 15) is 9.59 Å². The van der Waals surface area contributed by atoms with Crippen LogP contribution in [-0.2, 0) is 16.1 Å². The Labute approximate surface area is 190 Å². The molecule has 1 heterocycles. The predicted molar refractivity (Wildman–Crippen MR) is 127 cm³/mol. The summed E-state index contributed by atoms with van der Waals surface area (Å²) in [5.74, 6) is 0.0815. The predicted octanol–water partition coefficient (Wildman–Crippen LogP) is 4.45. The molecule has 1 atom stereocenters. The molecule has 1 N–H and O–H groups in total. The van der Waals surface area contributed by atoms with E-state index in [1.54, 1.807) is 12.0 Å². The molecule has 2 amide bonds. The number of amides is 2. The maximum Gasteiger partial charge on any atom is 0.229 e. The maximum absolute atomic E-state index is 13.1. The van der Waals surface area contributed by atoms with Crippen molar-refractivity contribution in [2.75, 3.05) is 30.9 Å². The molecule has 32 heavy (non-hydrogen) atoms. The minimum absolute atomic E-state index is 0.0556. The van der Waals surface area contributed by atoms with Gasteiger partial charge in [0.25, 0.3) is 0 Å². The van der Waals surface area contributed by atoms with Crippen LogP contribution >= 0.6 is 0 Å². The zero-order valence-electron chi connectivity index (χ0n) is 19.0. The van der Waals surface area contributed by atoms with Gasteiger partial charge in [0, 0.05) is 31.2 Å². The molecule has 2 fully saturated rings. The number of para-hydroxylation sites is 3.